The summed E-state index contributed by atoms with van der Waals surface area (Å²) in [4.78, 5) is 39.3. The highest BCUT2D eigenvalue weighted by atomic mass is 31.2. The fourth-order valence-electron chi connectivity index (χ4n) is 1.25. The molecule has 0 heterocycles. The molecule has 0 aliphatic heterocycles. The average Bonchev–Trinajstić information content (AvgIpc) is 2.19. The van der Waals surface area contributed by atoms with Crippen molar-refractivity contribution in [2.24, 2.45) is 0 Å². The molecule has 0 saturated carbocycles. The van der Waals surface area contributed by atoms with Crippen molar-refractivity contribution in [3.05, 3.63) is 12.2 Å². The number of rotatable bonds is 8. The molecule has 7 nitrogen and oxygen atoms in total. The van der Waals surface area contributed by atoms with Gasteiger partial charge in [0.2, 0.25) is 5.91 Å². The van der Waals surface area contributed by atoms with Crippen LogP contribution < -0.4 is 5.32 Å². The highest BCUT2D eigenvalue weighted by Gasteiger charge is 2.34. The largest absolute Gasteiger partial charge is 0.481 e. The van der Waals surface area contributed by atoms with Gasteiger partial charge in [-0.2, -0.15) is 0 Å². The van der Waals surface area contributed by atoms with Gasteiger partial charge in [0.1, 0.15) is 0 Å². The van der Waals surface area contributed by atoms with Crippen LogP contribution in [-0.4, -0.2) is 39.0 Å². The van der Waals surface area contributed by atoms with Gasteiger partial charge in [0.05, 0.1) is 0 Å². The number of carbonyl (C=O) groups excluding carboxylic acids is 1. The Bertz CT molecular complexity index is 375. The molecule has 1 unspecified atom stereocenters. The van der Waals surface area contributed by atoms with Crippen molar-refractivity contribution >= 4 is 19.5 Å². The standard InChI is InChI=1S/C10H18NO6P/c1-7(2)9(12)11-6-4-3-5-8(10(13)14)18(15,16)17/h8H,1,3-6H2,2H3,(H,11,12)(H,13,14)(H2,15,16,17). The number of aliphatic carboxylic acids is 1. The van der Waals surface area contributed by atoms with E-state index in [1.165, 1.54) is 0 Å². The van der Waals surface area contributed by atoms with Crippen molar-refractivity contribution in [3.8, 4) is 0 Å². The van der Waals surface area contributed by atoms with E-state index in [1.807, 2.05) is 0 Å². The molecule has 8 heteroatoms. The first-order valence-corrected chi connectivity index (χ1v) is 7.06. The highest BCUT2D eigenvalue weighted by Crippen LogP contribution is 2.43. The summed E-state index contributed by atoms with van der Waals surface area (Å²) in [5.74, 6) is -1.80. The molecule has 0 aromatic rings. The summed E-state index contributed by atoms with van der Waals surface area (Å²) in [6.07, 6.45) is 0.629. The summed E-state index contributed by atoms with van der Waals surface area (Å²) in [5, 5.41) is 11.2. The SMILES string of the molecule is C=C(C)C(=O)NCCCCC(C(=O)O)P(=O)(O)O. The summed E-state index contributed by atoms with van der Waals surface area (Å²) in [5.41, 5.74) is -1.30. The third kappa shape index (κ3) is 6.54. The van der Waals surface area contributed by atoms with Crippen LogP contribution in [0.2, 0.25) is 0 Å². The van der Waals surface area contributed by atoms with Gasteiger partial charge in [0, 0.05) is 12.1 Å². The van der Waals surface area contributed by atoms with Crippen LogP contribution in [0.4, 0.5) is 0 Å². The summed E-state index contributed by atoms with van der Waals surface area (Å²) in [6, 6.07) is 0. The predicted octanol–water partition coefficient (Wildman–Crippen LogP) is 0.480. The second-order valence-electron chi connectivity index (χ2n) is 3.98. The fraction of sp³-hybridized carbons (Fsp3) is 0.600. The van der Waals surface area contributed by atoms with E-state index in [4.69, 9.17) is 14.9 Å². The maximum atomic E-state index is 11.1. The van der Waals surface area contributed by atoms with Crippen LogP contribution in [0.3, 0.4) is 0 Å². The molecular formula is C10H18NO6P. The Morgan fingerprint density at radius 1 is 1.33 bits per heavy atom. The van der Waals surface area contributed by atoms with Crippen molar-refractivity contribution in [3.63, 3.8) is 0 Å². The highest BCUT2D eigenvalue weighted by molar-refractivity contribution is 7.53. The molecule has 0 saturated heterocycles. The zero-order chi connectivity index (χ0) is 14.3. The number of carboxylic acids is 1. The van der Waals surface area contributed by atoms with Gasteiger partial charge in [-0.3, -0.25) is 14.2 Å². The van der Waals surface area contributed by atoms with E-state index in [-0.39, 0.29) is 12.3 Å². The molecule has 0 aromatic carbocycles. The molecule has 104 valence electrons. The first-order valence-electron chi connectivity index (χ1n) is 5.38. The van der Waals surface area contributed by atoms with Crippen molar-refractivity contribution in [2.45, 2.75) is 31.8 Å². The zero-order valence-electron chi connectivity index (χ0n) is 10.1. The van der Waals surface area contributed by atoms with E-state index >= 15 is 0 Å². The normalized spacial score (nSPS) is 12.8. The molecule has 0 aliphatic rings. The van der Waals surface area contributed by atoms with Crippen molar-refractivity contribution < 1.29 is 29.0 Å². The van der Waals surface area contributed by atoms with Gasteiger partial charge in [0.25, 0.3) is 0 Å². The quantitative estimate of drug-likeness (QED) is 0.291. The zero-order valence-corrected chi connectivity index (χ0v) is 11.0. The number of hydrogen-bond acceptors (Lipinski definition) is 3. The van der Waals surface area contributed by atoms with Crippen molar-refractivity contribution in [2.75, 3.05) is 6.54 Å². The van der Waals surface area contributed by atoms with Gasteiger partial charge < -0.3 is 20.2 Å². The van der Waals surface area contributed by atoms with Gasteiger partial charge >= 0.3 is 13.6 Å². The predicted molar refractivity (Wildman–Crippen MR) is 65.1 cm³/mol. The Hall–Kier alpha value is -1.17. The molecule has 0 rings (SSSR count). The van der Waals surface area contributed by atoms with Crippen LogP contribution in [0.1, 0.15) is 26.2 Å². The summed E-state index contributed by atoms with van der Waals surface area (Å²) in [6.45, 7) is 5.32. The first-order chi connectivity index (χ1) is 8.16. The first kappa shape index (κ1) is 16.8. The van der Waals surface area contributed by atoms with Gasteiger partial charge in [-0.15, -0.1) is 0 Å². The van der Waals surface area contributed by atoms with Crippen molar-refractivity contribution in [1.29, 1.82) is 0 Å². The summed E-state index contributed by atoms with van der Waals surface area (Å²) < 4.78 is 10.9. The van der Waals surface area contributed by atoms with E-state index in [0.717, 1.165) is 0 Å². The van der Waals surface area contributed by atoms with Gasteiger partial charge in [-0.05, 0) is 19.8 Å². The minimum atomic E-state index is -4.62. The third-order valence-corrected chi connectivity index (χ3v) is 3.56. The maximum absolute atomic E-state index is 11.1. The lowest BCUT2D eigenvalue weighted by molar-refractivity contribution is -0.137. The van der Waals surface area contributed by atoms with E-state index in [1.54, 1.807) is 6.92 Å². The summed E-state index contributed by atoms with van der Waals surface area (Å²) in [7, 11) is -4.62. The Balaban J connectivity index is 3.96. The monoisotopic (exact) mass is 279 g/mol. The lowest BCUT2D eigenvalue weighted by atomic mass is 10.2. The number of nitrogens with one attached hydrogen (secondary N) is 1. The Kier molecular flexibility index (Phi) is 6.83. The molecule has 0 aliphatic carbocycles. The number of unbranched alkanes of at least 4 members (excludes halogenated alkanes) is 1. The molecule has 0 fully saturated rings. The van der Waals surface area contributed by atoms with Gasteiger partial charge in [-0.25, -0.2) is 0 Å². The van der Waals surface area contributed by atoms with Crippen LogP contribution in [0.25, 0.3) is 0 Å². The molecule has 0 spiro atoms. The molecule has 0 aromatic heterocycles. The average molecular weight is 279 g/mol. The van der Waals surface area contributed by atoms with E-state index in [0.29, 0.717) is 25.0 Å². The number of carboxylic acid groups (broad SMARTS) is 1. The minimum Gasteiger partial charge on any atom is -0.481 e. The second kappa shape index (κ2) is 7.31. The van der Waals surface area contributed by atoms with E-state index in [9.17, 15) is 14.2 Å². The molecule has 0 radical (unpaired) electrons. The lowest BCUT2D eigenvalue weighted by Gasteiger charge is -2.13. The fourth-order valence-corrected chi connectivity index (χ4v) is 2.06. The van der Waals surface area contributed by atoms with Crippen LogP contribution >= 0.6 is 7.60 Å². The topological polar surface area (TPSA) is 124 Å². The molecule has 0 bridgehead atoms. The maximum Gasteiger partial charge on any atom is 0.339 e. The second-order valence-corrected chi connectivity index (χ2v) is 5.78. The molecule has 4 N–H and O–H groups in total. The number of amides is 1. The van der Waals surface area contributed by atoms with Crippen LogP contribution in [0.15, 0.2) is 12.2 Å². The Morgan fingerprint density at radius 2 is 1.89 bits per heavy atom. The van der Waals surface area contributed by atoms with E-state index < -0.39 is 19.2 Å². The molecule has 1 atom stereocenters. The van der Waals surface area contributed by atoms with Gasteiger partial charge in [-0.1, -0.05) is 13.0 Å². The van der Waals surface area contributed by atoms with Crippen LogP contribution in [-0.2, 0) is 14.2 Å². The van der Waals surface area contributed by atoms with Crippen LogP contribution in [0.5, 0.6) is 0 Å². The number of hydrogen-bond donors (Lipinski definition) is 4. The minimum absolute atomic E-state index is 0.122. The summed E-state index contributed by atoms with van der Waals surface area (Å²) >= 11 is 0. The van der Waals surface area contributed by atoms with Crippen molar-refractivity contribution in [1.82, 2.24) is 5.32 Å². The van der Waals surface area contributed by atoms with Crippen LogP contribution in [0, 0.1) is 0 Å². The Labute approximate surface area is 105 Å². The third-order valence-electron chi connectivity index (χ3n) is 2.27. The molecule has 18 heavy (non-hydrogen) atoms. The number of carbonyl (C=O) groups is 2. The molecule has 1 amide bonds. The Morgan fingerprint density at radius 3 is 2.28 bits per heavy atom. The lowest BCUT2D eigenvalue weighted by Crippen LogP contribution is -2.25. The smallest absolute Gasteiger partial charge is 0.339 e. The van der Waals surface area contributed by atoms with Gasteiger partial charge in [0.15, 0.2) is 5.66 Å². The molecular weight excluding hydrogens is 261 g/mol. The van der Waals surface area contributed by atoms with E-state index in [2.05, 4.69) is 11.9 Å².